The van der Waals surface area contributed by atoms with Crippen LogP contribution in [0.4, 0.5) is 5.69 Å². The number of methoxy groups -OCH3 is 2. The second-order valence-corrected chi connectivity index (χ2v) is 6.05. The second kappa shape index (κ2) is 8.97. The molecule has 25 heavy (non-hydrogen) atoms. The highest BCUT2D eigenvalue weighted by atomic mass is 16.5. The standard InChI is InChI=1S/C20H25NO4/c1-14(2)11-12-25-17-8-6-5-7-16(17)20(22)21-15-9-10-18(23-3)19(13-15)24-4/h5-10,13-14H,11-12H2,1-4H3,(H,21,22). The van der Waals surface area contributed by atoms with Gasteiger partial charge in [0.15, 0.2) is 11.5 Å². The summed E-state index contributed by atoms with van der Waals surface area (Å²) >= 11 is 0. The van der Waals surface area contributed by atoms with Crippen molar-refractivity contribution in [3.63, 3.8) is 0 Å². The van der Waals surface area contributed by atoms with E-state index in [2.05, 4.69) is 19.2 Å². The summed E-state index contributed by atoms with van der Waals surface area (Å²) in [6, 6.07) is 12.5. The van der Waals surface area contributed by atoms with Crippen LogP contribution in [0.25, 0.3) is 0 Å². The van der Waals surface area contributed by atoms with Gasteiger partial charge in [-0.1, -0.05) is 26.0 Å². The van der Waals surface area contributed by atoms with E-state index in [0.29, 0.717) is 41.0 Å². The molecular weight excluding hydrogens is 318 g/mol. The molecule has 1 amide bonds. The fourth-order valence-corrected chi connectivity index (χ4v) is 2.30. The van der Waals surface area contributed by atoms with Crippen molar-refractivity contribution in [1.82, 2.24) is 0 Å². The molecule has 0 unspecified atom stereocenters. The van der Waals surface area contributed by atoms with Crippen LogP contribution in [-0.4, -0.2) is 26.7 Å². The van der Waals surface area contributed by atoms with E-state index in [0.717, 1.165) is 6.42 Å². The monoisotopic (exact) mass is 343 g/mol. The van der Waals surface area contributed by atoms with Crippen molar-refractivity contribution < 1.29 is 19.0 Å². The van der Waals surface area contributed by atoms with Crippen LogP contribution in [0.15, 0.2) is 42.5 Å². The SMILES string of the molecule is COc1ccc(NC(=O)c2ccccc2OCCC(C)C)cc1OC. The van der Waals surface area contributed by atoms with Gasteiger partial charge in [0.1, 0.15) is 5.75 Å². The third kappa shape index (κ3) is 5.14. The van der Waals surface area contributed by atoms with Crippen LogP contribution >= 0.6 is 0 Å². The number of benzene rings is 2. The molecule has 134 valence electrons. The van der Waals surface area contributed by atoms with E-state index in [1.54, 1.807) is 38.5 Å². The maximum Gasteiger partial charge on any atom is 0.259 e. The van der Waals surface area contributed by atoms with Gasteiger partial charge in [-0.3, -0.25) is 4.79 Å². The number of hydrogen-bond acceptors (Lipinski definition) is 4. The number of hydrogen-bond donors (Lipinski definition) is 1. The average Bonchev–Trinajstić information content (AvgIpc) is 2.61. The molecule has 0 aromatic heterocycles. The summed E-state index contributed by atoms with van der Waals surface area (Å²) < 4.78 is 16.3. The Morgan fingerprint density at radius 2 is 1.72 bits per heavy atom. The Balaban J connectivity index is 2.13. The van der Waals surface area contributed by atoms with Gasteiger partial charge in [-0.25, -0.2) is 0 Å². The van der Waals surface area contributed by atoms with Crippen molar-refractivity contribution in [3.05, 3.63) is 48.0 Å². The van der Waals surface area contributed by atoms with Crippen LogP contribution < -0.4 is 19.5 Å². The molecule has 0 aliphatic rings. The summed E-state index contributed by atoms with van der Waals surface area (Å²) in [6.07, 6.45) is 0.936. The Morgan fingerprint density at radius 1 is 1.00 bits per heavy atom. The quantitative estimate of drug-likeness (QED) is 0.773. The van der Waals surface area contributed by atoms with Gasteiger partial charge >= 0.3 is 0 Å². The lowest BCUT2D eigenvalue weighted by Crippen LogP contribution is -2.14. The number of ether oxygens (including phenoxy) is 3. The van der Waals surface area contributed by atoms with Crippen LogP contribution in [0.2, 0.25) is 0 Å². The minimum atomic E-state index is -0.229. The van der Waals surface area contributed by atoms with E-state index in [-0.39, 0.29) is 5.91 Å². The normalized spacial score (nSPS) is 10.4. The third-order valence-corrected chi connectivity index (χ3v) is 3.73. The molecule has 0 aliphatic carbocycles. The van der Waals surface area contributed by atoms with Gasteiger partial charge in [-0.15, -0.1) is 0 Å². The van der Waals surface area contributed by atoms with Gasteiger partial charge < -0.3 is 19.5 Å². The minimum Gasteiger partial charge on any atom is -0.493 e. The largest absolute Gasteiger partial charge is 0.493 e. The zero-order chi connectivity index (χ0) is 18.2. The summed E-state index contributed by atoms with van der Waals surface area (Å²) in [7, 11) is 3.13. The van der Waals surface area contributed by atoms with Crippen LogP contribution in [0, 0.1) is 5.92 Å². The van der Waals surface area contributed by atoms with Crippen LogP contribution in [0.3, 0.4) is 0 Å². The molecule has 2 aromatic carbocycles. The van der Waals surface area contributed by atoms with Crippen molar-refractivity contribution in [2.24, 2.45) is 5.92 Å². The molecule has 0 saturated carbocycles. The van der Waals surface area contributed by atoms with Crippen LogP contribution in [-0.2, 0) is 0 Å². The van der Waals surface area contributed by atoms with Crippen LogP contribution in [0.5, 0.6) is 17.2 Å². The van der Waals surface area contributed by atoms with E-state index >= 15 is 0 Å². The molecule has 2 rings (SSSR count). The highest BCUT2D eigenvalue weighted by Gasteiger charge is 2.14. The van der Waals surface area contributed by atoms with Crippen molar-refractivity contribution in [1.29, 1.82) is 0 Å². The molecule has 5 heteroatoms. The van der Waals surface area contributed by atoms with Gasteiger partial charge in [0.25, 0.3) is 5.91 Å². The first-order valence-electron chi connectivity index (χ1n) is 8.30. The summed E-state index contributed by atoms with van der Waals surface area (Å²) in [5, 5.41) is 2.87. The number of para-hydroxylation sites is 1. The molecule has 0 fully saturated rings. The first-order valence-corrected chi connectivity index (χ1v) is 8.30. The van der Waals surface area contributed by atoms with Crippen molar-refractivity contribution in [2.75, 3.05) is 26.1 Å². The number of carbonyl (C=O) groups is 1. The fraction of sp³-hybridized carbons (Fsp3) is 0.350. The number of anilines is 1. The Morgan fingerprint density at radius 3 is 2.40 bits per heavy atom. The van der Waals surface area contributed by atoms with Crippen LogP contribution in [0.1, 0.15) is 30.6 Å². The smallest absolute Gasteiger partial charge is 0.259 e. The minimum absolute atomic E-state index is 0.229. The average molecular weight is 343 g/mol. The maximum absolute atomic E-state index is 12.6. The zero-order valence-corrected chi connectivity index (χ0v) is 15.2. The number of nitrogens with one attached hydrogen (secondary N) is 1. The van der Waals surface area contributed by atoms with E-state index < -0.39 is 0 Å². The molecule has 0 saturated heterocycles. The summed E-state index contributed by atoms with van der Waals surface area (Å²) in [4.78, 5) is 12.6. The lowest BCUT2D eigenvalue weighted by atomic mass is 10.1. The lowest BCUT2D eigenvalue weighted by molar-refractivity contribution is 0.102. The fourth-order valence-electron chi connectivity index (χ4n) is 2.30. The molecule has 0 aliphatic heterocycles. The lowest BCUT2D eigenvalue weighted by Gasteiger charge is -2.13. The molecule has 2 aromatic rings. The van der Waals surface area contributed by atoms with Crippen molar-refractivity contribution in [3.8, 4) is 17.2 Å². The van der Waals surface area contributed by atoms with E-state index in [1.165, 1.54) is 0 Å². The summed E-state index contributed by atoms with van der Waals surface area (Å²) in [6.45, 7) is 4.86. The van der Waals surface area contributed by atoms with E-state index in [1.807, 2.05) is 18.2 Å². The number of rotatable bonds is 8. The number of amides is 1. The molecule has 0 radical (unpaired) electrons. The summed E-state index contributed by atoms with van der Waals surface area (Å²) in [5.74, 6) is 2.07. The van der Waals surface area contributed by atoms with Gasteiger partial charge in [0.05, 0.1) is 26.4 Å². The van der Waals surface area contributed by atoms with Gasteiger partial charge in [0.2, 0.25) is 0 Å². The zero-order valence-electron chi connectivity index (χ0n) is 15.2. The third-order valence-electron chi connectivity index (χ3n) is 3.73. The highest BCUT2D eigenvalue weighted by molar-refractivity contribution is 6.06. The van der Waals surface area contributed by atoms with E-state index in [9.17, 15) is 4.79 Å². The molecule has 0 heterocycles. The molecule has 1 N–H and O–H groups in total. The molecular formula is C20H25NO4. The first kappa shape index (κ1) is 18.6. The Labute approximate surface area is 148 Å². The highest BCUT2D eigenvalue weighted by Crippen LogP contribution is 2.30. The van der Waals surface area contributed by atoms with Gasteiger partial charge in [-0.05, 0) is 36.6 Å². The first-order chi connectivity index (χ1) is 12.0. The van der Waals surface area contributed by atoms with E-state index in [4.69, 9.17) is 14.2 Å². The predicted octanol–water partition coefficient (Wildman–Crippen LogP) is 4.38. The Hall–Kier alpha value is -2.69. The molecule has 0 spiro atoms. The van der Waals surface area contributed by atoms with Crippen molar-refractivity contribution in [2.45, 2.75) is 20.3 Å². The van der Waals surface area contributed by atoms with Gasteiger partial charge in [-0.2, -0.15) is 0 Å². The summed E-state index contributed by atoms with van der Waals surface area (Å²) in [5.41, 5.74) is 1.13. The second-order valence-electron chi connectivity index (χ2n) is 6.05. The maximum atomic E-state index is 12.6. The predicted molar refractivity (Wildman–Crippen MR) is 98.9 cm³/mol. The van der Waals surface area contributed by atoms with Crippen molar-refractivity contribution >= 4 is 11.6 Å². The molecule has 0 atom stereocenters. The van der Waals surface area contributed by atoms with Gasteiger partial charge in [0, 0.05) is 11.8 Å². The molecule has 5 nitrogen and oxygen atoms in total. The Kier molecular flexibility index (Phi) is 6.69. The molecule has 0 bridgehead atoms. The topological polar surface area (TPSA) is 56.8 Å². The Bertz CT molecular complexity index is 713. The number of carbonyl (C=O) groups excluding carboxylic acids is 1.